The fourth-order valence-electron chi connectivity index (χ4n) is 3.06. The molecule has 2 aromatic carbocycles. The maximum atomic E-state index is 12.7. The van der Waals surface area contributed by atoms with Crippen molar-refractivity contribution >= 4 is 17.5 Å². The zero-order valence-corrected chi connectivity index (χ0v) is 16.5. The Labute approximate surface area is 164 Å². The second-order valence-electron chi connectivity index (χ2n) is 6.46. The molecule has 0 radical (unpaired) electrons. The van der Waals surface area contributed by atoms with E-state index >= 15 is 0 Å². The normalized spacial score (nSPS) is 10.8. The topological polar surface area (TPSA) is 43.3 Å². The summed E-state index contributed by atoms with van der Waals surface area (Å²) < 4.78 is 7.12. The molecule has 3 rings (SSSR count). The lowest BCUT2D eigenvalue weighted by Crippen LogP contribution is -2.27. The van der Waals surface area contributed by atoms with Crippen LogP contribution in [0.2, 0.25) is 5.02 Å². The van der Waals surface area contributed by atoms with Crippen LogP contribution in [-0.2, 0) is 4.74 Å². The number of benzene rings is 2. The number of aryl methyl sites for hydroxylation is 1. The van der Waals surface area contributed by atoms with E-state index < -0.39 is 0 Å². The van der Waals surface area contributed by atoms with E-state index in [1.54, 1.807) is 7.11 Å². The lowest BCUT2D eigenvalue weighted by molar-refractivity contribution is 0.0936. The first-order valence-electron chi connectivity index (χ1n) is 8.83. The summed E-state index contributed by atoms with van der Waals surface area (Å²) in [6, 6.07) is 17.8. The van der Waals surface area contributed by atoms with Gasteiger partial charge < -0.3 is 14.6 Å². The number of rotatable bonds is 6. The average Bonchev–Trinajstić information content (AvgIpc) is 3.00. The predicted molar refractivity (Wildman–Crippen MR) is 110 cm³/mol. The first kappa shape index (κ1) is 19.2. The van der Waals surface area contributed by atoms with Crippen LogP contribution in [0.15, 0.2) is 54.6 Å². The van der Waals surface area contributed by atoms with Gasteiger partial charge in [0.1, 0.15) is 0 Å². The van der Waals surface area contributed by atoms with Gasteiger partial charge in [-0.3, -0.25) is 4.79 Å². The summed E-state index contributed by atoms with van der Waals surface area (Å²) in [5, 5.41) is 3.59. The van der Waals surface area contributed by atoms with Gasteiger partial charge in [-0.2, -0.15) is 0 Å². The van der Waals surface area contributed by atoms with Gasteiger partial charge in [-0.05, 0) is 49.7 Å². The van der Waals surface area contributed by atoms with Crippen molar-refractivity contribution in [3.8, 4) is 16.9 Å². The Morgan fingerprint density at radius 3 is 2.37 bits per heavy atom. The van der Waals surface area contributed by atoms with Crippen LogP contribution in [0.3, 0.4) is 0 Å². The summed E-state index contributed by atoms with van der Waals surface area (Å²) in [6.07, 6.45) is 0. The lowest BCUT2D eigenvalue weighted by atomic mass is 10.1. The molecule has 1 amide bonds. The standard InChI is InChI=1S/C22H23ClN2O2/c1-15-4-10-19(11-5-15)25-16(2)20(22(26)24-12-13-27-3)14-21(25)17-6-8-18(23)9-7-17/h4-11,14H,12-13H2,1-3H3,(H,24,26). The van der Waals surface area contributed by atoms with Gasteiger partial charge in [-0.15, -0.1) is 0 Å². The largest absolute Gasteiger partial charge is 0.383 e. The highest BCUT2D eigenvalue weighted by atomic mass is 35.5. The maximum absolute atomic E-state index is 12.7. The molecule has 0 spiro atoms. The Morgan fingerprint density at radius 2 is 1.74 bits per heavy atom. The van der Waals surface area contributed by atoms with Crippen LogP contribution in [0.5, 0.6) is 0 Å². The maximum Gasteiger partial charge on any atom is 0.253 e. The van der Waals surface area contributed by atoms with Crippen molar-refractivity contribution in [2.75, 3.05) is 20.3 Å². The van der Waals surface area contributed by atoms with E-state index in [9.17, 15) is 4.79 Å². The number of ether oxygens (including phenoxy) is 1. The van der Waals surface area contributed by atoms with E-state index in [1.165, 1.54) is 5.56 Å². The highest BCUT2D eigenvalue weighted by molar-refractivity contribution is 6.30. The molecule has 1 N–H and O–H groups in total. The van der Waals surface area contributed by atoms with Crippen molar-refractivity contribution in [1.29, 1.82) is 0 Å². The fourth-order valence-corrected chi connectivity index (χ4v) is 3.18. The van der Waals surface area contributed by atoms with Gasteiger partial charge in [-0.25, -0.2) is 0 Å². The molecular weight excluding hydrogens is 360 g/mol. The van der Waals surface area contributed by atoms with E-state index in [-0.39, 0.29) is 5.91 Å². The van der Waals surface area contributed by atoms with Crippen LogP contribution in [0.1, 0.15) is 21.6 Å². The number of nitrogens with one attached hydrogen (secondary N) is 1. The highest BCUT2D eigenvalue weighted by Gasteiger charge is 2.19. The Kier molecular flexibility index (Phi) is 5.99. The van der Waals surface area contributed by atoms with E-state index in [1.807, 2.05) is 37.3 Å². The number of aromatic nitrogens is 1. The van der Waals surface area contributed by atoms with Crippen LogP contribution in [0.25, 0.3) is 16.9 Å². The molecule has 0 saturated heterocycles. The van der Waals surface area contributed by atoms with E-state index in [0.29, 0.717) is 23.7 Å². The van der Waals surface area contributed by atoms with Crippen LogP contribution < -0.4 is 5.32 Å². The van der Waals surface area contributed by atoms with Crippen molar-refractivity contribution in [3.63, 3.8) is 0 Å². The second kappa shape index (κ2) is 8.42. The first-order chi connectivity index (χ1) is 13.0. The van der Waals surface area contributed by atoms with Gasteiger partial charge in [-0.1, -0.05) is 41.4 Å². The molecule has 0 bridgehead atoms. The SMILES string of the molecule is COCCNC(=O)c1cc(-c2ccc(Cl)cc2)n(-c2ccc(C)cc2)c1C. The second-order valence-corrected chi connectivity index (χ2v) is 6.89. The minimum absolute atomic E-state index is 0.106. The Balaban J connectivity index is 2.09. The van der Waals surface area contributed by atoms with Gasteiger partial charge in [0.05, 0.1) is 17.9 Å². The number of hydrogen-bond acceptors (Lipinski definition) is 2. The lowest BCUT2D eigenvalue weighted by Gasteiger charge is -2.13. The Morgan fingerprint density at radius 1 is 1.07 bits per heavy atom. The molecule has 0 saturated carbocycles. The fraction of sp³-hybridized carbons (Fsp3) is 0.227. The van der Waals surface area contributed by atoms with Crippen molar-refractivity contribution in [1.82, 2.24) is 9.88 Å². The number of hydrogen-bond donors (Lipinski definition) is 1. The number of halogens is 1. The molecule has 27 heavy (non-hydrogen) atoms. The minimum Gasteiger partial charge on any atom is -0.383 e. The van der Waals surface area contributed by atoms with Crippen molar-refractivity contribution < 1.29 is 9.53 Å². The molecule has 0 aliphatic heterocycles. The number of methoxy groups -OCH3 is 1. The number of nitrogens with zero attached hydrogens (tertiary/aromatic N) is 1. The van der Waals surface area contributed by atoms with Gasteiger partial charge >= 0.3 is 0 Å². The third-order valence-corrected chi connectivity index (χ3v) is 4.77. The summed E-state index contributed by atoms with van der Waals surface area (Å²) in [5.41, 5.74) is 5.69. The van der Waals surface area contributed by atoms with Crippen molar-refractivity contribution in [2.45, 2.75) is 13.8 Å². The minimum atomic E-state index is -0.106. The first-order valence-corrected chi connectivity index (χ1v) is 9.21. The quantitative estimate of drug-likeness (QED) is 0.623. The van der Waals surface area contributed by atoms with Crippen LogP contribution in [-0.4, -0.2) is 30.7 Å². The van der Waals surface area contributed by atoms with Crippen LogP contribution in [0, 0.1) is 13.8 Å². The molecule has 5 heteroatoms. The summed E-state index contributed by atoms with van der Waals surface area (Å²) >= 11 is 6.05. The van der Waals surface area contributed by atoms with Gasteiger partial charge in [0.2, 0.25) is 0 Å². The number of amides is 1. The molecule has 1 heterocycles. The van der Waals surface area contributed by atoms with Crippen LogP contribution in [0.4, 0.5) is 0 Å². The Hall–Kier alpha value is -2.56. The van der Waals surface area contributed by atoms with Gasteiger partial charge in [0.25, 0.3) is 5.91 Å². The zero-order chi connectivity index (χ0) is 19.4. The van der Waals surface area contributed by atoms with Crippen LogP contribution >= 0.6 is 11.6 Å². The van der Waals surface area contributed by atoms with Gasteiger partial charge in [0.15, 0.2) is 0 Å². The molecule has 0 fully saturated rings. The summed E-state index contributed by atoms with van der Waals surface area (Å²) in [7, 11) is 1.61. The molecule has 0 unspecified atom stereocenters. The average molecular weight is 383 g/mol. The third-order valence-electron chi connectivity index (χ3n) is 4.52. The molecule has 1 aromatic heterocycles. The van der Waals surface area contributed by atoms with E-state index in [4.69, 9.17) is 16.3 Å². The molecule has 4 nitrogen and oxygen atoms in total. The summed E-state index contributed by atoms with van der Waals surface area (Å²) in [6.45, 7) is 4.97. The summed E-state index contributed by atoms with van der Waals surface area (Å²) in [5.74, 6) is -0.106. The molecule has 140 valence electrons. The molecule has 0 atom stereocenters. The molecule has 0 aliphatic carbocycles. The molecule has 0 aliphatic rings. The number of carbonyl (C=O) groups excluding carboxylic acids is 1. The smallest absolute Gasteiger partial charge is 0.253 e. The molecular formula is C22H23ClN2O2. The van der Waals surface area contributed by atoms with Crippen molar-refractivity contribution in [3.05, 3.63) is 76.4 Å². The highest BCUT2D eigenvalue weighted by Crippen LogP contribution is 2.30. The predicted octanol–water partition coefficient (Wildman–Crippen LogP) is 4.79. The monoisotopic (exact) mass is 382 g/mol. The third kappa shape index (κ3) is 4.24. The number of carbonyl (C=O) groups is 1. The molecule has 3 aromatic rings. The zero-order valence-electron chi connectivity index (χ0n) is 15.8. The van der Waals surface area contributed by atoms with Crippen molar-refractivity contribution in [2.24, 2.45) is 0 Å². The summed E-state index contributed by atoms with van der Waals surface area (Å²) in [4.78, 5) is 12.7. The van der Waals surface area contributed by atoms with Gasteiger partial charge in [0, 0.05) is 30.1 Å². The van der Waals surface area contributed by atoms with E-state index in [2.05, 4.69) is 41.1 Å². The Bertz CT molecular complexity index is 928. The van der Waals surface area contributed by atoms with E-state index in [0.717, 1.165) is 22.6 Å².